The van der Waals surface area contributed by atoms with Gasteiger partial charge >= 0.3 is 0 Å². The van der Waals surface area contributed by atoms with Gasteiger partial charge in [0, 0.05) is 12.6 Å². The van der Waals surface area contributed by atoms with Crippen LogP contribution in [0.25, 0.3) is 0 Å². The molecule has 6 heteroatoms. The van der Waals surface area contributed by atoms with E-state index in [1.54, 1.807) is 18.2 Å². The average Bonchev–Trinajstić information content (AvgIpc) is 2.38. The van der Waals surface area contributed by atoms with Gasteiger partial charge in [0.2, 0.25) is 10.0 Å². The molecule has 2 rings (SSSR count). The van der Waals surface area contributed by atoms with Gasteiger partial charge in [0.25, 0.3) is 0 Å². The van der Waals surface area contributed by atoms with Gasteiger partial charge in [-0.2, -0.15) is 4.31 Å². The first-order valence-electron chi connectivity index (χ1n) is 6.85. The van der Waals surface area contributed by atoms with Crippen molar-refractivity contribution in [1.29, 1.82) is 0 Å². The van der Waals surface area contributed by atoms with Gasteiger partial charge in [0.15, 0.2) is 0 Å². The summed E-state index contributed by atoms with van der Waals surface area (Å²) in [6.07, 6.45) is 0.622. The lowest BCUT2D eigenvalue weighted by Gasteiger charge is -2.37. The van der Waals surface area contributed by atoms with E-state index in [1.807, 2.05) is 20.8 Å². The fraction of sp³-hybridized carbons (Fsp3) is 0.571. The molecule has 2 atom stereocenters. The molecule has 1 fully saturated rings. The van der Waals surface area contributed by atoms with Crippen LogP contribution in [0, 0.1) is 6.92 Å². The van der Waals surface area contributed by atoms with E-state index in [2.05, 4.69) is 0 Å². The normalized spacial score (nSPS) is 24.8. The molecule has 0 spiro atoms. The predicted molar refractivity (Wildman–Crippen MR) is 79.0 cm³/mol. The Morgan fingerprint density at radius 3 is 2.75 bits per heavy atom. The number of morpholine rings is 1. The number of nitrogens with zero attached hydrogens (tertiary/aromatic N) is 1. The fourth-order valence-electron chi connectivity index (χ4n) is 2.46. The molecule has 1 aliphatic heterocycles. The molecule has 1 aromatic rings. The van der Waals surface area contributed by atoms with E-state index in [-0.39, 0.29) is 17.0 Å². The summed E-state index contributed by atoms with van der Waals surface area (Å²) in [5.41, 5.74) is 7.15. The number of anilines is 1. The predicted octanol–water partition coefficient (Wildman–Crippen LogP) is 1.77. The molecule has 0 aromatic heterocycles. The van der Waals surface area contributed by atoms with Crippen LogP contribution in [0.3, 0.4) is 0 Å². The second-order valence-electron chi connectivity index (χ2n) is 5.32. The van der Waals surface area contributed by atoms with E-state index in [1.165, 1.54) is 4.31 Å². The van der Waals surface area contributed by atoms with Crippen LogP contribution in [0.5, 0.6) is 0 Å². The van der Waals surface area contributed by atoms with Crippen molar-refractivity contribution in [2.75, 3.05) is 18.9 Å². The monoisotopic (exact) mass is 298 g/mol. The zero-order chi connectivity index (χ0) is 14.9. The van der Waals surface area contributed by atoms with Gasteiger partial charge in [0.05, 0.1) is 18.4 Å². The van der Waals surface area contributed by atoms with Gasteiger partial charge in [0.1, 0.15) is 4.90 Å². The van der Waals surface area contributed by atoms with Crippen LogP contribution in [-0.4, -0.2) is 38.0 Å². The Hall–Kier alpha value is -1.11. The van der Waals surface area contributed by atoms with Gasteiger partial charge in [-0.1, -0.05) is 13.0 Å². The molecule has 0 saturated carbocycles. The summed E-state index contributed by atoms with van der Waals surface area (Å²) in [5, 5.41) is 0. The first-order valence-corrected chi connectivity index (χ1v) is 8.29. The highest BCUT2D eigenvalue weighted by atomic mass is 32.2. The van der Waals surface area contributed by atoms with Crippen LogP contribution >= 0.6 is 0 Å². The summed E-state index contributed by atoms with van der Waals surface area (Å²) >= 11 is 0. The molecule has 20 heavy (non-hydrogen) atoms. The maximum atomic E-state index is 12.8. The van der Waals surface area contributed by atoms with Crippen LogP contribution in [0.2, 0.25) is 0 Å². The molecular formula is C14H22N2O3S. The molecular weight excluding hydrogens is 276 g/mol. The minimum absolute atomic E-state index is 0.0979. The Labute approximate surface area is 120 Å². The van der Waals surface area contributed by atoms with E-state index in [0.717, 1.165) is 12.0 Å². The van der Waals surface area contributed by atoms with Crippen LogP contribution in [0.4, 0.5) is 5.69 Å². The van der Waals surface area contributed by atoms with Gasteiger partial charge in [-0.3, -0.25) is 0 Å². The van der Waals surface area contributed by atoms with Gasteiger partial charge in [-0.15, -0.1) is 0 Å². The number of rotatable bonds is 3. The second-order valence-corrected chi connectivity index (χ2v) is 7.18. The Kier molecular flexibility index (Phi) is 4.36. The third kappa shape index (κ3) is 2.82. The lowest BCUT2D eigenvalue weighted by molar-refractivity contribution is -0.0230. The molecule has 1 heterocycles. The van der Waals surface area contributed by atoms with Crippen LogP contribution in [-0.2, 0) is 14.8 Å². The number of hydrogen-bond acceptors (Lipinski definition) is 4. The smallest absolute Gasteiger partial charge is 0.245 e. The van der Waals surface area contributed by atoms with E-state index in [4.69, 9.17) is 10.5 Å². The zero-order valence-corrected chi connectivity index (χ0v) is 13.0. The van der Waals surface area contributed by atoms with Crippen molar-refractivity contribution in [3.8, 4) is 0 Å². The highest BCUT2D eigenvalue weighted by Crippen LogP contribution is 2.28. The molecule has 1 aliphatic rings. The van der Waals surface area contributed by atoms with Crippen molar-refractivity contribution >= 4 is 15.7 Å². The minimum Gasteiger partial charge on any atom is -0.398 e. The molecule has 0 bridgehead atoms. The maximum absolute atomic E-state index is 12.8. The molecule has 5 nitrogen and oxygen atoms in total. The number of aryl methyl sites for hydroxylation is 1. The SMILES string of the molecule is CCC1COC(C)CN1S(=O)(=O)c1ccc(C)cc1N. The standard InChI is InChI=1S/C14H22N2O3S/c1-4-12-9-19-11(3)8-16(12)20(17,18)14-6-5-10(2)7-13(14)15/h5-7,11-12H,4,8-9,15H2,1-3H3. The average molecular weight is 298 g/mol. The largest absolute Gasteiger partial charge is 0.398 e. The number of ether oxygens (including phenoxy) is 1. The molecule has 112 valence electrons. The summed E-state index contributed by atoms with van der Waals surface area (Å²) in [6.45, 7) is 6.53. The summed E-state index contributed by atoms with van der Waals surface area (Å²) in [5.74, 6) is 0. The molecule has 0 amide bonds. The van der Waals surface area contributed by atoms with Crippen molar-refractivity contribution < 1.29 is 13.2 Å². The molecule has 1 saturated heterocycles. The highest BCUT2D eigenvalue weighted by Gasteiger charge is 2.36. The summed E-state index contributed by atoms with van der Waals surface area (Å²) < 4.78 is 32.7. The summed E-state index contributed by atoms with van der Waals surface area (Å²) in [6, 6.07) is 4.93. The van der Waals surface area contributed by atoms with Gasteiger partial charge < -0.3 is 10.5 Å². The van der Waals surface area contributed by atoms with E-state index in [0.29, 0.717) is 18.8 Å². The Balaban J connectivity index is 2.42. The summed E-state index contributed by atoms with van der Waals surface area (Å²) in [4.78, 5) is 0.190. The number of nitrogen functional groups attached to an aromatic ring is 1. The van der Waals surface area contributed by atoms with Crippen molar-refractivity contribution in [2.45, 2.75) is 44.2 Å². The highest BCUT2D eigenvalue weighted by molar-refractivity contribution is 7.89. The van der Waals surface area contributed by atoms with Crippen molar-refractivity contribution in [3.63, 3.8) is 0 Å². The lowest BCUT2D eigenvalue weighted by Crippen LogP contribution is -2.51. The lowest BCUT2D eigenvalue weighted by atomic mass is 10.2. The number of nitrogens with two attached hydrogens (primary N) is 1. The first-order chi connectivity index (χ1) is 9.36. The van der Waals surface area contributed by atoms with Crippen LogP contribution in [0.15, 0.2) is 23.1 Å². The van der Waals surface area contributed by atoms with Crippen molar-refractivity contribution in [2.24, 2.45) is 0 Å². The number of hydrogen-bond donors (Lipinski definition) is 1. The van der Waals surface area contributed by atoms with E-state index >= 15 is 0 Å². The van der Waals surface area contributed by atoms with Crippen LogP contribution < -0.4 is 5.73 Å². The zero-order valence-electron chi connectivity index (χ0n) is 12.2. The Morgan fingerprint density at radius 1 is 1.45 bits per heavy atom. The minimum atomic E-state index is -3.58. The topological polar surface area (TPSA) is 72.6 Å². The quantitative estimate of drug-likeness (QED) is 0.863. The molecule has 2 N–H and O–H groups in total. The van der Waals surface area contributed by atoms with Gasteiger partial charge in [-0.25, -0.2) is 8.42 Å². The molecule has 2 unspecified atom stereocenters. The maximum Gasteiger partial charge on any atom is 0.245 e. The fourth-order valence-corrected chi connectivity index (χ4v) is 4.32. The van der Waals surface area contributed by atoms with Crippen LogP contribution in [0.1, 0.15) is 25.8 Å². The number of benzene rings is 1. The van der Waals surface area contributed by atoms with Crippen molar-refractivity contribution in [1.82, 2.24) is 4.31 Å². The van der Waals surface area contributed by atoms with Crippen molar-refractivity contribution in [3.05, 3.63) is 23.8 Å². The second kappa shape index (κ2) is 5.71. The third-order valence-electron chi connectivity index (χ3n) is 3.64. The summed E-state index contributed by atoms with van der Waals surface area (Å²) in [7, 11) is -3.58. The Bertz CT molecular complexity index is 586. The van der Waals surface area contributed by atoms with E-state index < -0.39 is 10.0 Å². The van der Waals surface area contributed by atoms with Gasteiger partial charge in [-0.05, 0) is 38.0 Å². The molecule has 0 aliphatic carbocycles. The molecule has 1 aromatic carbocycles. The first kappa shape index (κ1) is 15.3. The Morgan fingerprint density at radius 2 is 2.15 bits per heavy atom. The molecule has 0 radical (unpaired) electrons. The van der Waals surface area contributed by atoms with E-state index in [9.17, 15) is 8.42 Å². The third-order valence-corrected chi connectivity index (χ3v) is 5.63. The number of sulfonamides is 1.